The van der Waals surface area contributed by atoms with Crippen LogP contribution in [-0.2, 0) is 41.5 Å². The maximum Gasteiger partial charge on any atom is -0.00969 e. The van der Waals surface area contributed by atoms with Gasteiger partial charge in [0.25, 0.3) is 0 Å². The van der Waals surface area contributed by atoms with E-state index in [4.69, 9.17) is 0 Å². The third kappa shape index (κ3) is 8.25. The van der Waals surface area contributed by atoms with Crippen molar-refractivity contribution >= 4 is 8.78 Å². The van der Waals surface area contributed by atoms with Gasteiger partial charge in [-0.3, -0.25) is 0 Å². The molecule has 0 spiro atoms. The van der Waals surface area contributed by atoms with Crippen LogP contribution >= 0.6 is 0 Å². The molecule has 0 amide bonds. The summed E-state index contributed by atoms with van der Waals surface area (Å²) >= 11 is 1.46. The van der Waals surface area contributed by atoms with Crippen molar-refractivity contribution in [2.24, 2.45) is 27.6 Å². The summed E-state index contributed by atoms with van der Waals surface area (Å²) in [5.41, 5.74) is 16.2. The first-order valence-electron chi connectivity index (χ1n) is 21.1. The van der Waals surface area contributed by atoms with Crippen molar-refractivity contribution in [1.29, 1.82) is 0 Å². The molecule has 308 valence electrons. The molecule has 3 heteroatoms. The van der Waals surface area contributed by atoms with Crippen LogP contribution in [-0.4, -0.2) is 3.21 Å². The molecule has 0 aliphatic heterocycles. The Balaban J connectivity index is 0.000000228. The van der Waals surface area contributed by atoms with E-state index in [9.17, 15) is 0 Å². The molecule has 4 aliphatic carbocycles. The fourth-order valence-corrected chi connectivity index (χ4v) is 11.1. The number of halogens is 2. The largest absolute Gasteiger partial charge is 1.00 e. The molecule has 2 unspecified atom stereocenters. The summed E-state index contributed by atoms with van der Waals surface area (Å²) in [5, 5.41) is 0. The van der Waals surface area contributed by atoms with Crippen molar-refractivity contribution in [1.82, 2.24) is 0 Å². The Bertz CT molecular complexity index is 2060. The summed E-state index contributed by atoms with van der Waals surface area (Å²) in [4.78, 5) is 0. The molecular weight excluding hydrogens is 823 g/mol. The molecular formula is C55H68Cl2Zr-2. The van der Waals surface area contributed by atoms with Crippen molar-refractivity contribution in [3.8, 4) is 0 Å². The van der Waals surface area contributed by atoms with Crippen LogP contribution < -0.4 is 24.8 Å². The smallest absolute Gasteiger partial charge is 0.00969 e. The second-order valence-corrected chi connectivity index (χ2v) is 22.0. The van der Waals surface area contributed by atoms with Gasteiger partial charge in [0.2, 0.25) is 0 Å². The number of rotatable bonds is 2. The monoisotopic (exact) mass is 888 g/mol. The van der Waals surface area contributed by atoms with E-state index >= 15 is 0 Å². The second-order valence-electron chi connectivity index (χ2n) is 20.7. The Morgan fingerprint density at radius 2 is 1.19 bits per heavy atom. The molecule has 4 aromatic rings. The minimum Gasteiger partial charge on any atom is -1.00 e. The number of fused-ring (bicyclic) bond motifs is 6. The van der Waals surface area contributed by atoms with Crippen LogP contribution in [0.5, 0.6) is 0 Å². The van der Waals surface area contributed by atoms with Gasteiger partial charge in [0.1, 0.15) is 0 Å². The predicted molar refractivity (Wildman–Crippen MR) is 240 cm³/mol. The summed E-state index contributed by atoms with van der Waals surface area (Å²) in [6.07, 6.45) is 8.50. The van der Waals surface area contributed by atoms with Crippen molar-refractivity contribution in [2.45, 2.75) is 127 Å². The van der Waals surface area contributed by atoms with Crippen molar-refractivity contribution in [2.75, 3.05) is 0 Å². The first-order chi connectivity index (χ1) is 26.1. The van der Waals surface area contributed by atoms with E-state index in [0.29, 0.717) is 5.92 Å². The van der Waals surface area contributed by atoms with Crippen molar-refractivity contribution in [3.05, 3.63) is 171 Å². The van der Waals surface area contributed by atoms with E-state index in [2.05, 4.69) is 182 Å². The zero-order valence-corrected chi connectivity index (χ0v) is 41.9. The van der Waals surface area contributed by atoms with Crippen LogP contribution in [0.4, 0.5) is 0 Å². The normalized spacial score (nSPS) is 22.0. The average molecular weight is 891 g/mol. The topological polar surface area (TPSA) is 0 Å². The van der Waals surface area contributed by atoms with Gasteiger partial charge >= 0.3 is 151 Å². The molecule has 1 saturated carbocycles. The zero-order chi connectivity index (χ0) is 41.1. The summed E-state index contributed by atoms with van der Waals surface area (Å²) in [6.45, 7) is 33.9. The third-order valence-corrected chi connectivity index (χ3v) is 16.8. The van der Waals surface area contributed by atoms with Gasteiger partial charge in [-0.05, 0) is 40.6 Å². The quantitative estimate of drug-likeness (QED) is 0.177. The summed E-state index contributed by atoms with van der Waals surface area (Å²) in [6, 6.07) is 37.3. The number of allylic oxidation sites excluding steroid dienone is 6. The van der Waals surface area contributed by atoms with Gasteiger partial charge in [0.15, 0.2) is 0 Å². The number of hydrogen-bond donors (Lipinski definition) is 0. The van der Waals surface area contributed by atoms with Crippen LogP contribution in [0.15, 0.2) is 132 Å². The van der Waals surface area contributed by atoms with E-state index in [-0.39, 0.29) is 57.3 Å². The molecule has 0 aromatic heterocycles. The Morgan fingerprint density at radius 3 is 1.66 bits per heavy atom. The third-order valence-electron chi connectivity index (χ3n) is 15.4. The minimum atomic E-state index is 0. The molecule has 0 saturated heterocycles. The van der Waals surface area contributed by atoms with Gasteiger partial charge in [-0.25, -0.2) is 18.1 Å². The maximum atomic E-state index is 2.62. The predicted octanol–water partition coefficient (Wildman–Crippen LogP) is 8.78. The van der Waals surface area contributed by atoms with Crippen molar-refractivity contribution in [3.63, 3.8) is 0 Å². The molecule has 0 heterocycles. The fraction of sp³-hybridized carbons (Fsp3) is 0.436. The molecule has 2 atom stereocenters. The van der Waals surface area contributed by atoms with Gasteiger partial charge in [0, 0.05) is 0 Å². The van der Waals surface area contributed by atoms with E-state index in [1.54, 1.807) is 28.2 Å². The van der Waals surface area contributed by atoms with Crippen LogP contribution in [0.3, 0.4) is 0 Å². The second kappa shape index (κ2) is 17.4. The molecule has 0 radical (unpaired) electrons. The fourth-order valence-electron chi connectivity index (χ4n) is 10.3. The van der Waals surface area contributed by atoms with Crippen molar-refractivity contribution < 1.29 is 49.0 Å². The van der Waals surface area contributed by atoms with E-state index in [0.717, 1.165) is 6.42 Å². The molecule has 1 fully saturated rings. The first kappa shape index (κ1) is 48.1. The van der Waals surface area contributed by atoms with E-state index < -0.39 is 0 Å². The summed E-state index contributed by atoms with van der Waals surface area (Å²) in [5.74, 6) is 2.24. The molecule has 8 rings (SSSR count). The summed E-state index contributed by atoms with van der Waals surface area (Å²) < 4.78 is 1.42. The number of hydrogen-bond acceptors (Lipinski definition) is 0. The van der Waals surface area contributed by atoms with Crippen LogP contribution in [0.25, 0.3) is 5.57 Å². The SMILES string of the molecule is CC(C)(C)c1ccc([C](=[Zr+2])c2ccc(C(C)(C)C)cc2)cc1.C[C-]1C2=C3Cc4ccccc4C3=C3C=CCCC3C2(C)C(C)(C)C(C)(C)C1(C)C.[Cl-].[Cl-].c1cc[cH-]c1. The minimum absolute atomic E-state index is 0. The first-order valence-corrected chi connectivity index (χ1v) is 22.3. The van der Waals surface area contributed by atoms with Gasteiger partial charge in [-0.2, -0.15) is 29.3 Å². The van der Waals surface area contributed by atoms with Gasteiger partial charge in [-0.1, -0.05) is 113 Å². The van der Waals surface area contributed by atoms with Gasteiger partial charge < -0.3 is 24.8 Å². The maximum absolute atomic E-state index is 2.62. The molecule has 4 aromatic carbocycles. The molecule has 58 heavy (non-hydrogen) atoms. The molecule has 0 bridgehead atoms. The standard InChI is InChI=1S/C29H37.C21H26.C5H5.2ClH.Zr/c1-18-25-22-17-19-13-9-10-14-20(19)24(22)21-15-11-12-16-23(21)29(25,8)28(6,7)27(4,5)26(18,2)3;1-20(2,3)18-11-7-16(8-12-18)15-17-9-13-19(14-10-17)21(4,5)6;1-2-4-5-3-1;;;/h9-11,13-15,23H,12,16-17H2,1-8H3;7-14H,1-6H3;1-5H;2*1H;/q-1;;-1;;;+2/p-2. The number of benzene rings is 3. The summed E-state index contributed by atoms with van der Waals surface area (Å²) in [7, 11) is 0. The van der Waals surface area contributed by atoms with Gasteiger partial charge in [0.05, 0.1) is 0 Å². The van der Waals surface area contributed by atoms with E-state index in [1.165, 1.54) is 73.7 Å². The Hall–Kier alpha value is -2.57. The van der Waals surface area contributed by atoms with E-state index in [1.807, 2.05) is 30.3 Å². The molecule has 4 aliphatic rings. The zero-order valence-electron chi connectivity index (χ0n) is 37.9. The van der Waals surface area contributed by atoms with Crippen LogP contribution in [0.2, 0.25) is 0 Å². The molecule has 0 N–H and O–H groups in total. The Morgan fingerprint density at radius 1 is 0.690 bits per heavy atom. The van der Waals surface area contributed by atoms with Gasteiger partial charge in [-0.15, -0.1) is 6.92 Å². The Labute approximate surface area is 381 Å². The van der Waals surface area contributed by atoms with Crippen LogP contribution in [0, 0.1) is 33.5 Å². The van der Waals surface area contributed by atoms with Crippen LogP contribution in [0.1, 0.15) is 143 Å². The average Bonchev–Trinajstić information content (AvgIpc) is 3.86. The molecule has 0 nitrogen and oxygen atoms in total. The Kier molecular flexibility index (Phi) is 14.5.